The van der Waals surface area contributed by atoms with Crippen molar-refractivity contribution in [1.29, 1.82) is 0 Å². The molecule has 0 saturated carbocycles. The van der Waals surface area contributed by atoms with Crippen molar-refractivity contribution in [2.45, 2.75) is 16.0 Å². The monoisotopic (exact) mass is 504 g/mol. The molecule has 1 aromatic heterocycles. The highest BCUT2D eigenvalue weighted by molar-refractivity contribution is 7.94. The van der Waals surface area contributed by atoms with Crippen LogP contribution in [0.2, 0.25) is 10.0 Å². The highest BCUT2D eigenvalue weighted by atomic mass is 35.5. The molecule has 7 nitrogen and oxygen atoms in total. The molecule has 2 aromatic carbocycles. The van der Waals surface area contributed by atoms with Gasteiger partial charge in [-0.1, -0.05) is 41.4 Å². The van der Waals surface area contributed by atoms with Crippen LogP contribution in [0.4, 0.5) is 11.4 Å². The number of Topliss-reactive ketones (excluding diaryl/α,β-unsaturated/α-hetero) is 1. The normalized spacial score (nSPS) is 11.8. The number of anilines is 2. The molecule has 0 saturated heterocycles. The molecule has 0 amide bonds. The predicted molar refractivity (Wildman–Crippen MR) is 119 cm³/mol. The zero-order valence-electron chi connectivity index (χ0n) is 15.2. The van der Waals surface area contributed by atoms with Gasteiger partial charge in [0.1, 0.15) is 4.21 Å². The van der Waals surface area contributed by atoms with Gasteiger partial charge in [-0.2, -0.15) is 0 Å². The van der Waals surface area contributed by atoms with Gasteiger partial charge in [0, 0.05) is 5.56 Å². The first-order valence-corrected chi connectivity index (χ1v) is 12.8. The molecule has 0 aliphatic heterocycles. The number of nitrogens with one attached hydrogen (secondary N) is 2. The molecular weight excluding hydrogens is 491 g/mol. The minimum absolute atomic E-state index is 0.0194. The van der Waals surface area contributed by atoms with E-state index < -0.39 is 20.0 Å². The first-order chi connectivity index (χ1) is 14.0. The first kappa shape index (κ1) is 22.6. The van der Waals surface area contributed by atoms with E-state index in [1.165, 1.54) is 49.4 Å². The Labute approximate surface area is 187 Å². The van der Waals surface area contributed by atoms with Crippen LogP contribution in [0, 0.1) is 0 Å². The summed E-state index contributed by atoms with van der Waals surface area (Å²) in [4.78, 5) is 11.4. The van der Waals surface area contributed by atoms with Crippen LogP contribution in [0.15, 0.2) is 63.0 Å². The van der Waals surface area contributed by atoms with Crippen molar-refractivity contribution in [3.63, 3.8) is 0 Å². The maximum absolute atomic E-state index is 12.8. The Bertz CT molecular complexity index is 1320. The summed E-state index contributed by atoms with van der Waals surface area (Å²) in [5.74, 6) is -0.300. The van der Waals surface area contributed by atoms with Gasteiger partial charge in [0.15, 0.2) is 5.78 Å². The molecule has 2 N–H and O–H groups in total. The smallest absolute Gasteiger partial charge is 0.271 e. The van der Waals surface area contributed by atoms with Crippen molar-refractivity contribution in [2.75, 3.05) is 9.44 Å². The van der Waals surface area contributed by atoms with Crippen LogP contribution in [-0.2, 0) is 20.0 Å². The second-order valence-corrected chi connectivity index (χ2v) is 11.4. The van der Waals surface area contributed by atoms with E-state index in [4.69, 9.17) is 23.2 Å². The van der Waals surface area contributed by atoms with Crippen LogP contribution in [0.25, 0.3) is 0 Å². The van der Waals surface area contributed by atoms with Gasteiger partial charge in [-0.25, -0.2) is 16.8 Å². The quantitative estimate of drug-likeness (QED) is 0.446. The van der Waals surface area contributed by atoms with E-state index in [9.17, 15) is 21.6 Å². The molecule has 1 heterocycles. The van der Waals surface area contributed by atoms with E-state index in [0.717, 1.165) is 11.3 Å². The number of ketones is 1. The molecule has 30 heavy (non-hydrogen) atoms. The number of benzene rings is 2. The summed E-state index contributed by atoms with van der Waals surface area (Å²) >= 11 is 13.0. The summed E-state index contributed by atoms with van der Waals surface area (Å²) in [5.41, 5.74) is -0.0208. The van der Waals surface area contributed by atoms with Crippen molar-refractivity contribution in [2.24, 2.45) is 0 Å². The van der Waals surface area contributed by atoms with Gasteiger partial charge >= 0.3 is 0 Å². The molecule has 0 spiro atoms. The lowest BCUT2D eigenvalue weighted by Crippen LogP contribution is -2.17. The Morgan fingerprint density at radius 2 is 1.47 bits per heavy atom. The van der Waals surface area contributed by atoms with Crippen molar-refractivity contribution < 1.29 is 21.6 Å². The fraction of sp³-hybridized carbons (Fsp3) is 0.0556. The van der Waals surface area contributed by atoms with E-state index in [1.807, 2.05) is 0 Å². The molecule has 3 rings (SSSR count). The largest absolute Gasteiger partial charge is 0.295 e. The van der Waals surface area contributed by atoms with Crippen molar-refractivity contribution in [1.82, 2.24) is 0 Å². The van der Waals surface area contributed by atoms with Gasteiger partial charge in [0.25, 0.3) is 20.0 Å². The zero-order chi connectivity index (χ0) is 22.1. The highest BCUT2D eigenvalue weighted by Crippen LogP contribution is 2.35. The fourth-order valence-electron chi connectivity index (χ4n) is 2.41. The molecule has 0 aliphatic rings. The predicted octanol–water partition coefficient (Wildman–Crippen LogP) is 4.86. The maximum atomic E-state index is 12.8. The first-order valence-electron chi connectivity index (χ1n) is 8.19. The van der Waals surface area contributed by atoms with E-state index in [1.54, 1.807) is 11.4 Å². The number of hydrogen-bond donors (Lipinski definition) is 2. The molecule has 0 aliphatic carbocycles. The third-order valence-electron chi connectivity index (χ3n) is 3.86. The van der Waals surface area contributed by atoms with Gasteiger partial charge in [-0.3, -0.25) is 14.2 Å². The fourth-order valence-corrected chi connectivity index (χ4v) is 5.92. The maximum Gasteiger partial charge on any atom is 0.271 e. The Morgan fingerprint density at radius 3 is 2.00 bits per heavy atom. The van der Waals surface area contributed by atoms with Crippen LogP contribution in [-0.4, -0.2) is 22.6 Å². The Morgan fingerprint density at radius 1 is 0.867 bits per heavy atom. The lowest BCUT2D eigenvalue weighted by atomic mass is 10.2. The van der Waals surface area contributed by atoms with Gasteiger partial charge in [0.05, 0.1) is 26.3 Å². The third-order valence-corrected chi connectivity index (χ3v) is 8.71. The topological polar surface area (TPSA) is 109 Å². The molecule has 12 heteroatoms. The number of carbonyl (C=O) groups excluding carboxylic acids is 1. The molecule has 0 radical (unpaired) electrons. The third kappa shape index (κ3) is 4.96. The van der Waals surface area contributed by atoms with Crippen LogP contribution in [0.1, 0.15) is 17.3 Å². The van der Waals surface area contributed by atoms with Crippen molar-refractivity contribution >= 4 is 71.7 Å². The average molecular weight is 505 g/mol. The lowest BCUT2D eigenvalue weighted by molar-refractivity contribution is 0.101. The lowest BCUT2D eigenvalue weighted by Gasteiger charge is -2.15. The van der Waals surface area contributed by atoms with Crippen LogP contribution < -0.4 is 9.44 Å². The number of rotatable bonds is 7. The summed E-state index contributed by atoms with van der Waals surface area (Å²) in [5, 5.41) is 1.64. The van der Waals surface area contributed by atoms with Crippen LogP contribution in [0.5, 0.6) is 0 Å². The summed E-state index contributed by atoms with van der Waals surface area (Å²) < 4.78 is 55.5. The Kier molecular flexibility index (Phi) is 6.44. The molecule has 0 bridgehead atoms. The summed E-state index contributed by atoms with van der Waals surface area (Å²) in [7, 11) is -8.14. The SMILES string of the molecule is CC(=O)c1cccc(S(=O)(=O)Nc2cc(Cl)c(Cl)cc2NS(=O)(=O)c2cccs2)c1. The summed E-state index contributed by atoms with van der Waals surface area (Å²) in [6.07, 6.45) is 0. The number of halogens is 2. The van der Waals surface area contributed by atoms with Gasteiger partial charge in [-0.05, 0) is 42.6 Å². The van der Waals surface area contributed by atoms with Crippen molar-refractivity contribution in [3.8, 4) is 0 Å². The van der Waals surface area contributed by atoms with Crippen molar-refractivity contribution in [3.05, 3.63) is 69.5 Å². The molecule has 0 unspecified atom stereocenters. The second-order valence-electron chi connectivity index (χ2n) is 6.04. The Balaban J connectivity index is 2.03. The van der Waals surface area contributed by atoms with Gasteiger partial charge < -0.3 is 0 Å². The Hall–Kier alpha value is -2.11. The number of carbonyl (C=O) groups is 1. The number of sulfonamides is 2. The van der Waals surface area contributed by atoms with E-state index in [0.29, 0.717) is 0 Å². The highest BCUT2D eigenvalue weighted by Gasteiger charge is 2.22. The van der Waals surface area contributed by atoms with E-state index in [-0.39, 0.29) is 41.9 Å². The average Bonchev–Trinajstić information content (AvgIpc) is 3.21. The van der Waals surface area contributed by atoms with Crippen LogP contribution >= 0.6 is 34.5 Å². The minimum Gasteiger partial charge on any atom is -0.295 e. The molecule has 158 valence electrons. The molecule has 3 aromatic rings. The minimum atomic E-state index is -4.17. The van der Waals surface area contributed by atoms with Gasteiger partial charge in [0.2, 0.25) is 0 Å². The second kappa shape index (κ2) is 8.56. The number of hydrogen-bond acceptors (Lipinski definition) is 6. The van der Waals surface area contributed by atoms with Gasteiger partial charge in [-0.15, -0.1) is 11.3 Å². The summed E-state index contributed by atoms with van der Waals surface area (Å²) in [6, 6.07) is 10.8. The molecular formula is C18H14Cl2N2O5S3. The summed E-state index contributed by atoms with van der Waals surface area (Å²) in [6.45, 7) is 1.32. The number of thiophene rings is 1. The van der Waals surface area contributed by atoms with E-state index in [2.05, 4.69) is 9.44 Å². The zero-order valence-corrected chi connectivity index (χ0v) is 19.2. The molecule has 0 atom stereocenters. The standard InChI is InChI=1S/C18H14Cl2N2O5S3/c1-11(23)12-4-2-5-13(8-12)29(24,25)21-16-9-14(19)15(20)10-17(16)22-30(26,27)18-6-3-7-28-18/h2-10,21-22H,1H3. The van der Waals surface area contributed by atoms with E-state index >= 15 is 0 Å². The van der Waals surface area contributed by atoms with Crippen LogP contribution in [0.3, 0.4) is 0 Å². The molecule has 0 fully saturated rings.